The maximum Gasteiger partial charge on any atom is 0.325 e. The van der Waals surface area contributed by atoms with E-state index in [9.17, 15) is 14.4 Å². The van der Waals surface area contributed by atoms with Gasteiger partial charge in [-0.3, -0.25) is 14.5 Å². The molecule has 0 saturated carbocycles. The van der Waals surface area contributed by atoms with E-state index in [1.54, 1.807) is 26.2 Å². The molecular formula is C18H25N3O4. The second kappa shape index (κ2) is 7.55. The fourth-order valence-corrected chi connectivity index (χ4v) is 2.99. The number of amides is 4. The lowest BCUT2D eigenvalue weighted by molar-refractivity contribution is -0.135. The number of carbonyl (C=O) groups excluding carboxylic acids is 3. The molecule has 1 aliphatic rings. The Morgan fingerprint density at radius 3 is 2.48 bits per heavy atom. The molecule has 1 atom stereocenters. The van der Waals surface area contributed by atoms with Gasteiger partial charge in [0.1, 0.15) is 17.8 Å². The van der Waals surface area contributed by atoms with E-state index in [-0.39, 0.29) is 24.3 Å². The molecule has 136 valence electrons. The van der Waals surface area contributed by atoms with Crippen LogP contribution in [-0.2, 0) is 16.1 Å². The maximum atomic E-state index is 12.5. The summed E-state index contributed by atoms with van der Waals surface area (Å²) in [7, 11) is 1.59. The molecule has 0 radical (unpaired) electrons. The van der Waals surface area contributed by atoms with Gasteiger partial charge in [0.15, 0.2) is 0 Å². The van der Waals surface area contributed by atoms with Crippen LogP contribution in [0.5, 0.6) is 5.75 Å². The van der Waals surface area contributed by atoms with E-state index in [1.807, 2.05) is 26.0 Å². The van der Waals surface area contributed by atoms with E-state index in [2.05, 4.69) is 10.6 Å². The number of carbonyl (C=O) groups is 3. The molecule has 1 fully saturated rings. The van der Waals surface area contributed by atoms with E-state index in [1.165, 1.54) is 0 Å². The van der Waals surface area contributed by atoms with Gasteiger partial charge in [-0.2, -0.15) is 0 Å². The largest absolute Gasteiger partial charge is 0.497 e. The Balaban J connectivity index is 1.91. The van der Waals surface area contributed by atoms with Crippen molar-refractivity contribution >= 4 is 17.8 Å². The first-order valence-electron chi connectivity index (χ1n) is 8.29. The average Bonchev–Trinajstić information content (AvgIpc) is 2.75. The van der Waals surface area contributed by atoms with Crippen LogP contribution >= 0.6 is 0 Å². The maximum absolute atomic E-state index is 12.5. The van der Waals surface area contributed by atoms with Crippen molar-refractivity contribution in [3.63, 3.8) is 0 Å². The Morgan fingerprint density at radius 1 is 1.28 bits per heavy atom. The van der Waals surface area contributed by atoms with Gasteiger partial charge in [0, 0.05) is 6.54 Å². The minimum Gasteiger partial charge on any atom is -0.497 e. The second-order valence-corrected chi connectivity index (χ2v) is 6.88. The number of ether oxygens (including phenoxy) is 1. The summed E-state index contributed by atoms with van der Waals surface area (Å²) in [6.07, 6.45) is 0.529. The van der Waals surface area contributed by atoms with Gasteiger partial charge in [-0.15, -0.1) is 0 Å². The summed E-state index contributed by atoms with van der Waals surface area (Å²) in [5, 5.41) is 5.42. The molecule has 0 spiro atoms. The lowest BCUT2D eigenvalue weighted by Crippen LogP contribution is -2.46. The van der Waals surface area contributed by atoms with E-state index in [0.717, 1.165) is 16.2 Å². The van der Waals surface area contributed by atoms with Crippen molar-refractivity contribution in [1.29, 1.82) is 0 Å². The van der Waals surface area contributed by atoms with Crippen LogP contribution in [0.25, 0.3) is 0 Å². The highest BCUT2D eigenvalue weighted by Crippen LogP contribution is 2.24. The van der Waals surface area contributed by atoms with Crippen LogP contribution < -0.4 is 15.4 Å². The van der Waals surface area contributed by atoms with Crippen molar-refractivity contribution in [3.8, 4) is 5.75 Å². The van der Waals surface area contributed by atoms with E-state index in [0.29, 0.717) is 13.0 Å². The summed E-state index contributed by atoms with van der Waals surface area (Å²) < 4.78 is 5.08. The number of imide groups is 1. The first-order valence-corrected chi connectivity index (χ1v) is 8.29. The normalized spacial score (nSPS) is 20.0. The summed E-state index contributed by atoms with van der Waals surface area (Å²) in [5.41, 5.74) is -0.0439. The molecule has 2 rings (SSSR count). The standard InChI is InChI=1S/C18H25N3O4/c1-12(2)9-18(3)16(23)21(17(24)20-18)11-15(22)19-10-13-5-7-14(25-4)8-6-13/h5-8,12H,9-11H2,1-4H3,(H,19,22)(H,20,24). The van der Waals surface area contributed by atoms with Crippen molar-refractivity contribution in [2.45, 2.75) is 39.3 Å². The van der Waals surface area contributed by atoms with Gasteiger partial charge in [0.25, 0.3) is 5.91 Å². The van der Waals surface area contributed by atoms with Crippen LogP contribution in [0, 0.1) is 5.92 Å². The molecule has 0 aliphatic carbocycles. The van der Waals surface area contributed by atoms with Gasteiger partial charge in [-0.05, 0) is 37.0 Å². The molecule has 1 aromatic carbocycles. The van der Waals surface area contributed by atoms with Gasteiger partial charge in [0.05, 0.1) is 7.11 Å². The van der Waals surface area contributed by atoms with Crippen LogP contribution in [-0.4, -0.2) is 41.9 Å². The van der Waals surface area contributed by atoms with Crippen molar-refractivity contribution < 1.29 is 19.1 Å². The predicted octanol–water partition coefficient (Wildman–Crippen LogP) is 1.67. The molecule has 0 bridgehead atoms. The van der Waals surface area contributed by atoms with E-state index >= 15 is 0 Å². The Morgan fingerprint density at radius 2 is 1.92 bits per heavy atom. The van der Waals surface area contributed by atoms with Crippen LogP contribution in [0.3, 0.4) is 0 Å². The Bertz CT molecular complexity index is 657. The second-order valence-electron chi connectivity index (χ2n) is 6.88. The molecule has 2 N–H and O–H groups in total. The third-order valence-electron chi connectivity index (χ3n) is 4.11. The Hall–Kier alpha value is -2.57. The molecule has 1 saturated heterocycles. The van der Waals surface area contributed by atoms with Crippen molar-refractivity contribution in [1.82, 2.24) is 15.5 Å². The number of hydrogen-bond acceptors (Lipinski definition) is 4. The van der Waals surface area contributed by atoms with Crippen molar-refractivity contribution in [3.05, 3.63) is 29.8 Å². The fourth-order valence-electron chi connectivity index (χ4n) is 2.99. The zero-order chi connectivity index (χ0) is 18.6. The summed E-state index contributed by atoms with van der Waals surface area (Å²) >= 11 is 0. The summed E-state index contributed by atoms with van der Waals surface area (Å²) in [5.74, 6) is 0.246. The highest BCUT2D eigenvalue weighted by atomic mass is 16.5. The first kappa shape index (κ1) is 18.8. The number of benzene rings is 1. The molecule has 7 heteroatoms. The molecule has 25 heavy (non-hydrogen) atoms. The molecular weight excluding hydrogens is 322 g/mol. The average molecular weight is 347 g/mol. The zero-order valence-electron chi connectivity index (χ0n) is 15.1. The molecule has 0 aromatic heterocycles. The third kappa shape index (κ3) is 4.49. The molecule has 7 nitrogen and oxygen atoms in total. The van der Waals surface area contributed by atoms with Gasteiger partial charge in [0.2, 0.25) is 5.91 Å². The van der Waals surface area contributed by atoms with Crippen LogP contribution in [0.1, 0.15) is 32.8 Å². The monoisotopic (exact) mass is 347 g/mol. The van der Waals surface area contributed by atoms with Crippen molar-refractivity contribution in [2.75, 3.05) is 13.7 Å². The van der Waals surface area contributed by atoms with Gasteiger partial charge < -0.3 is 15.4 Å². The summed E-state index contributed by atoms with van der Waals surface area (Å²) in [6.45, 7) is 5.69. The highest BCUT2D eigenvalue weighted by molar-refractivity contribution is 6.08. The fraction of sp³-hybridized carbons (Fsp3) is 0.500. The highest BCUT2D eigenvalue weighted by Gasteiger charge is 2.48. The first-order chi connectivity index (χ1) is 11.7. The number of methoxy groups -OCH3 is 1. The topological polar surface area (TPSA) is 87.7 Å². The van der Waals surface area contributed by atoms with Crippen LogP contribution in [0.2, 0.25) is 0 Å². The zero-order valence-corrected chi connectivity index (χ0v) is 15.1. The SMILES string of the molecule is COc1ccc(CNC(=O)CN2C(=O)NC(C)(CC(C)C)C2=O)cc1. The third-order valence-corrected chi connectivity index (χ3v) is 4.11. The molecule has 1 aromatic rings. The van der Waals surface area contributed by atoms with E-state index < -0.39 is 11.6 Å². The van der Waals surface area contributed by atoms with Crippen LogP contribution in [0.4, 0.5) is 4.79 Å². The van der Waals surface area contributed by atoms with Gasteiger partial charge >= 0.3 is 6.03 Å². The lowest BCUT2D eigenvalue weighted by atomic mass is 9.91. The van der Waals surface area contributed by atoms with Crippen LogP contribution in [0.15, 0.2) is 24.3 Å². The molecule has 1 aliphatic heterocycles. The lowest BCUT2D eigenvalue weighted by Gasteiger charge is -2.23. The molecule has 4 amide bonds. The Kier molecular flexibility index (Phi) is 5.66. The number of nitrogens with one attached hydrogen (secondary N) is 2. The number of hydrogen-bond donors (Lipinski definition) is 2. The number of rotatable bonds is 7. The predicted molar refractivity (Wildman–Crippen MR) is 92.9 cm³/mol. The summed E-state index contributed by atoms with van der Waals surface area (Å²) in [4.78, 5) is 37.7. The van der Waals surface area contributed by atoms with Gasteiger partial charge in [-0.1, -0.05) is 26.0 Å². The molecule has 1 heterocycles. The summed E-state index contributed by atoms with van der Waals surface area (Å²) in [6, 6.07) is 6.76. The minimum absolute atomic E-state index is 0.248. The van der Waals surface area contributed by atoms with Gasteiger partial charge in [-0.25, -0.2) is 4.79 Å². The number of nitrogens with zero attached hydrogens (tertiary/aromatic N) is 1. The smallest absolute Gasteiger partial charge is 0.325 e. The minimum atomic E-state index is -0.943. The Labute approximate surface area is 147 Å². The number of urea groups is 1. The van der Waals surface area contributed by atoms with Crippen molar-refractivity contribution in [2.24, 2.45) is 5.92 Å². The molecule has 1 unspecified atom stereocenters. The quantitative estimate of drug-likeness (QED) is 0.735. The van der Waals surface area contributed by atoms with E-state index in [4.69, 9.17) is 4.74 Å².